The van der Waals surface area contributed by atoms with Gasteiger partial charge in [-0.3, -0.25) is 0 Å². The zero-order chi connectivity index (χ0) is 16.9. The Balaban J connectivity index is 1.79. The van der Waals surface area contributed by atoms with Gasteiger partial charge in [0.2, 0.25) is 5.82 Å². The maximum Gasteiger partial charge on any atom is 0.376 e. The largest absolute Gasteiger partial charge is 0.463 e. The summed E-state index contributed by atoms with van der Waals surface area (Å²) < 4.78 is 23.1. The van der Waals surface area contributed by atoms with Crippen molar-refractivity contribution in [1.82, 2.24) is 9.97 Å². The average Bonchev–Trinajstić information content (AvgIpc) is 2.64. The summed E-state index contributed by atoms with van der Waals surface area (Å²) in [5.74, 6) is 0.240. The minimum absolute atomic E-state index is 0.00152. The average molecular weight is 324 g/mol. The van der Waals surface area contributed by atoms with Crippen LogP contribution in [0.5, 0.6) is 11.5 Å². The molecule has 0 aliphatic carbocycles. The summed E-state index contributed by atoms with van der Waals surface area (Å²) in [6.45, 7) is 0. The van der Waals surface area contributed by atoms with Crippen molar-refractivity contribution < 1.29 is 18.7 Å². The van der Waals surface area contributed by atoms with Gasteiger partial charge in [0.05, 0.1) is 12.8 Å². The molecule has 3 aromatic rings. The smallest absolute Gasteiger partial charge is 0.376 e. The fourth-order valence-corrected chi connectivity index (χ4v) is 2.04. The fraction of sp³-hybridized carbons (Fsp3) is 0.0556. The molecule has 0 saturated carbocycles. The van der Waals surface area contributed by atoms with Gasteiger partial charge in [-0.05, 0) is 54.6 Å². The number of benzene rings is 2. The molecular weight excluding hydrogens is 311 g/mol. The first-order valence-corrected chi connectivity index (χ1v) is 7.11. The number of aromatic nitrogens is 2. The molecule has 0 unspecified atom stereocenters. The zero-order valence-corrected chi connectivity index (χ0v) is 12.8. The molecule has 0 bridgehead atoms. The molecule has 24 heavy (non-hydrogen) atoms. The van der Waals surface area contributed by atoms with E-state index in [0.717, 1.165) is 5.56 Å². The minimum atomic E-state index is -0.590. The van der Waals surface area contributed by atoms with Gasteiger partial charge in [0.15, 0.2) is 0 Å². The van der Waals surface area contributed by atoms with Crippen LogP contribution in [0.3, 0.4) is 0 Å². The first-order chi connectivity index (χ1) is 11.7. The lowest BCUT2D eigenvalue weighted by atomic mass is 10.1. The van der Waals surface area contributed by atoms with E-state index in [4.69, 9.17) is 4.74 Å². The number of nitrogens with zero attached hydrogens (tertiary/aromatic N) is 2. The number of ether oxygens (including phenoxy) is 2. The number of rotatable bonds is 4. The van der Waals surface area contributed by atoms with Crippen molar-refractivity contribution in [3.05, 3.63) is 72.4 Å². The summed E-state index contributed by atoms with van der Waals surface area (Å²) in [4.78, 5) is 19.5. The molecular formula is C18H13FN2O3. The molecule has 2 aromatic carbocycles. The molecule has 5 nitrogen and oxygen atoms in total. The Kier molecular flexibility index (Phi) is 4.47. The lowest BCUT2D eigenvalue weighted by Crippen LogP contribution is -2.07. The second kappa shape index (κ2) is 6.87. The molecule has 6 heteroatoms. The lowest BCUT2D eigenvalue weighted by Gasteiger charge is -2.07. The number of esters is 1. The van der Waals surface area contributed by atoms with Crippen molar-refractivity contribution in [2.24, 2.45) is 0 Å². The van der Waals surface area contributed by atoms with Crippen LogP contribution < -0.4 is 4.74 Å². The van der Waals surface area contributed by atoms with Gasteiger partial charge in [-0.15, -0.1) is 0 Å². The molecule has 0 saturated heterocycles. The Labute approximate surface area is 137 Å². The highest BCUT2D eigenvalue weighted by Gasteiger charge is 2.10. The molecule has 3 rings (SSSR count). The summed E-state index contributed by atoms with van der Waals surface area (Å²) in [6.07, 6.45) is 1.50. The molecule has 1 heterocycles. The molecule has 0 aliphatic rings. The number of hydrogen-bond donors (Lipinski definition) is 0. The molecule has 0 spiro atoms. The zero-order valence-electron chi connectivity index (χ0n) is 12.8. The maximum atomic E-state index is 12.9. The van der Waals surface area contributed by atoms with Crippen LogP contribution in [0.25, 0.3) is 11.3 Å². The molecule has 1 aromatic heterocycles. The van der Waals surface area contributed by atoms with E-state index in [1.807, 2.05) is 12.1 Å². The summed E-state index contributed by atoms with van der Waals surface area (Å²) in [6, 6.07) is 14.6. The monoisotopic (exact) mass is 324 g/mol. The maximum absolute atomic E-state index is 12.9. The molecule has 0 atom stereocenters. The molecule has 0 radical (unpaired) electrons. The predicted molar refractivity (Wildman–Crippen MR) is 85.3 cm³/mol. The van der Waals surface area contributed by atoms with Crippen LogP contribution >= 0.6 is 0 Å². The number of carbonyl (C=O) groups excluding carboxylic acids is 1. The van der Waals surface area contributed by atoms with Crippen molar-refractivity contribution in [1.29, 1.82) is 0 Å². The van der Waals surface area contributed by atoms with Gasteiger partial charge in [-0.2, -0.15) is 0 Å². The Morgan fingerprint density at radius 3 is 2.21 bits per heavy atom. The fourth-order valence-electron chi connectivity index (χ4n) is 2.04. The van der Waals surface area contributed by atoms with E-state index in [1.54, 1.807) is 30.3 Å². The van der Waals surface area contributed by atoms with Gasteiger partial charge in [0.1, 0.15) is 17.3 Å². The SMILES string of the molecule is COC(=O)c1nccc(-c2ccc(Oc3ccc(F)cc3)cc2)n1. The number of methoxy groups -OCH3 is 1. The van der Waals surface area contributed by atoms with Crippen molar-refractivity contribution in [2.45, 2.75) is 0 Å². The van der Waals surface area contributed by atoms with E-state index in [-0.39, 0.29) is 11.6 Å². The van der Waals surface area contributed by atoms with Crippen molar-refractivity contribution in [3.8, 4) is 22.8 Å². The van der Waals surface area contributed by atoms with Crippen LogP contribution in [0.1, 0.15) is 10.6 Å². The van der Waals surface area contributed by atoms with Crippen LogP contribution in [-0.4, -0.2) is 23.0 Å². The van der Waals surface area contributed by atoms with E-state index in [0.29, 0.717) is 17.2 Å². The third-order valence-electron chi connectivity index (χ3n) is 3.22. The van der Waals surface area contributed by atoms with E-state index in [9.17, 15) is 9.18 Å². The van der Waals surface area contributed by atoms with E-state index in [2.05, 4.69) is 14.7 Å². The highest BCUT2D eigenvalue weighted by molar-refractivity contribution is 5.85. The van der Waals surface area contributed by atoms with Gasteiger partial charge in [0, 0.05) is 11.8 Å². The van der Waals surface area contributed by atoms with Crippen LogP contribution in [0.15, 0.2) is 60.8 Å². The first kappa shape index (κ1) is 15.6. The van der Waals surface area contributed by atoms with Gasteiger partial charge in [-0.25, -0.2) is 19.2 Å². The number of carbonyl (C=O) groups is 1. The Morgan fingerprint density at radius 1 is 0.958 bits per heavy atom. The van der Waals surface area contributed by atoms with Crippen molar-refractivity contribution >= 4 is 5.97 Å². The summed E-state index contributed by atoms with van der Waals surface area (Å²) in [5, 5.41) is 0. The second-order valence-electron chi connectivity index (χ2n) is 4.84. The van der Waals surface area contributed by atoms with Crippen LogP contribution in [-0.2, 0) is 4.74 Å². The highest BCUT2D eigenvalue weighted by atomic mass is 19.1. The van der Waals surface area contributed by atoms with Crippen molar-refractivity contribution in [3.63, 3.8) is 0 Å². The van der Waals surface area contributed by atoms with Gasteiger partial charge < -0.3 is 9.47 Å². The third-order valence-corrected chi connectivity index (χ3v) is 3.22. The molecule has 0 amide bonds. The van der Waals surface area contributed by atoms with E-state index >= 15 is 0 Å². The lowest BCUT2D eigenvalue weighted by molar-refractivity contribution is 0.0587. The standard InChI is InChI=1S/C18H13FN2O3/c1-23-18(22)17-20-11-10-16(21-17)12-2-6-14(7-3-12)24-15-8-4-13(19)5-9-15/h2-11H,1H3. The highest BCUT2D eigenvalue weighted by Crippen LogP contribution is 2.25. The van der Waals surface area contributed by atoms with Crippen molar-refractivity contribution in [2.75, 3.05) is 7.11 Å². The minimum Gasteiger partial charge on any atom is -0.463 e. The van der Waals surface area contributed by atoms with E-state index in [1.165, 1.54) is 25.4 Å². The first-order valence-electron chi connectivity index (χ1n) is 7.11. The van der Waals surface area contributed by atoms with Crippen LogP contribution in [0, 0.1) is 5.82 Å². The van der Waals surface area contributed by atoms with Gasteiger partial charge in [0.25, 0.3) is 0 Å². The van der Waals surface area contributed by atoms with E-state index < -0.39 is 5.97 Å². The normalized spacial score (nSPS) is 10.2. The van der Waals surface area contributed by atoms with Crippen LogP contribution in [0.2, 0.25) is 0 Å². The number of halogens is 1. The molecule has 0 aliphatic heterocycles. The second-order valence-corrected chi connectivity index (χ2v) is 4.84. The molecule has 0 N–H and O–H groups in total. The Bertz CT molecular complexity index is 849. The third kappa shape index (κ3) is 3.55. The molecule has 0 fully saturated rings. The summed E-state index contributed by atoms with van der Waals surface area (Å²) in [7, 11) is 1.28. The predicted octanol–water partition coefficient (Wildman–Crippen LogP) is 3.86. The van der Waals surface area contributed by atoms with Gasteiger partial charge >= 0.3 is 5.97 Å². The Morgan fingerprint density at radius 2 is 1.58 bits per heavy atom. The summed E-state index contributed by atoms with van der Waals surface area (Å²) >= 11 is 0. The number of hydrogen-bond acceptors (Lipinski definition) is 5. The van der Waals surface area contributed by atoms with Crippen LogP contribution in [0.4, 0.5) is 4.39 Å². The molecule has 120 valence electrons. The Hall–Kier alpha value is -3.28. The van der Waals surface area contributed by atoms with Gasteiger partial charge in [-0.1, -0.05) is 0 Å². The summed E-state index contributed by atoms with van der Waals surface area (Å²) in [5.41, 5.74) is 1.40. The quantitative estimate of drug-likeness (QED) is 0.682. The topological polar surface area (TPSA) is 61.3 Å².